The smallest absolute Gasteiger partial charge is 0.211 e. The van der Waals surface area contributed by atoms with Crippen LogP contribution < -0.4 is 16.2 Å². The van der Waals surface area contributed by atoms with Crippen LogP contribution in [0.3, 0.4) is 0 Å². The zero-order chi connectivity index (χ0) is 12.1. The van der Waals surface area contributed by atoms with Gasteiger partial charge in [0.2, 0.25) is 5.96 Å². The average Bonchev–Trinajstić information content (AvgIpc) is 2.24. The van der Waals surface area contributed by atoms with E-state index in [1.165, 1.54) is 13.3 Å². The lowest BCUT2D eigenvalue weighted by molar-refractivity contribution is 0.373. The molecule has 0 aliphatic heterocycles. The van der Waals surface area contributed by atoms with Gasteiger partial charge in [-0.1, -0.05) is 11.6 Å². The molecule has 0 saturated heterocycles. The number of methoxy groups -OCH3 is 1. The molecular weight excluding hydrogens is 232 g/mol. The number of halogens is 1. The quantitative estimate of drug-likeness (QED) is 0.411. The van der Waals surface area contributed by atoms with E-state index in [1.807, 2.05) is 0 Å². The van der Waals surface area contributed by atoms with Crippen LogP contribution in [0.5, 0.6) is 11.5 Å². The molecule has 0 fully saturated rings. The van der Waals surface area contributed by atoms with Gasteiger partial charge in [-0.2, -0.15) is 5.10 Å². The molecule has 0 saturated carbocycles. The summed E-state index contributed by atoms with van der Waals surface area (Å²) in [7, 11) is 1.43. The van der Waals surface area contributed by atoms with Crippen molar-refractivity contribution >= 4 is 23.8 Å². The highest BCUT2D eigenvalue weighted by Gasteiger charge is 2.09. The van der Waals surface area contributed by atoms with Crippen LogP contribution in [0.15, 0.2) is 22.3 Å². The molecule has 0 aliphatic carbocycles. The van der Waals surface area contributed by atoms with Crippen molar-refractivity contribution in [2.24, 2.45) is 21.7 Å². The number of aromatic hydroxyl groups is 1. The topological polar surface area (TPSA) is 106 Å². The predicted molar refractivity (Wildman–Crippen MR) is 63.1 cm³/mol. The first kappa shape index (κ1) is 12.1. The zero-order valence-corrected chi connectivity index (χ0v) is 9.27. The van der Waals surface area contributed by atoms with Gasteiger partial charge < -0.3 is 21.3 Å². The van der Waals surface area contributed by atoms with Crippen LogP contribution in [0, 0.1) is 0 Å². The van der Waals surface area contributed by atoms with Gasteiger partial charge in [0.15, 0.2) is 11.5 Å². The minimum absolute atomic E-state index is 0.119. The first-order valence-corrected chi connectivity index (χ1v) is 4.61. The van der Waals surface area contributed by atoms with Crippen molar-refractivity contribution < 1.29 is 9.84 Å². The van der Waals surface area contributed by atoms with Gasteiger partial charge in [-0.15, -0.1) is 5.10 Å². The molecule has 16 heavy (non-hydrogen) atoms. The van der Waals surface area contributed by atoms with Gasteiger partial charge in [0, 0.05) is 5.56 Å². The maximum absolute atomic E-state index is 9.58. The number of nitrogens with zero attached hydrogens (tertiary/aromatic N) is 2. The molecule has 0 bridgehead atoms. The maximum Gasteiger partial charge on any atom is 0.211 e. The van der Waals surface area contributed by atoms with E-state index in [0.29, 0.717) is 5.56 Å². The van der Waals surface area contributed by atoms with Crippen LogP contribution in [0.2, 0.25) is 5.02 Å². The number of benzene rings is 1. The van der Waals surface area contributed by atoms with E-state index in [9.17, 15) is 5.11 Å². The van der Waals surface area contributed by atoms with Crippen LogP contribution in [0.1, 0.15) is 5.56 Å². The predicted octanol–water partition coefficient (Wildman–Crippen LogP) is 0.662. The van der Waals surface area contributed by atoms with Crippen molar-refractivity contribution in [3.63, 3.8) is 0 Å². The molecule has 0 amide bonds. The summed E-state index contributed by atoms with van der Waals surface area (Å²) >= 11 is 5.86. The number of phenolic OH excluding ortho intramolecular Hbond substituents is 1. The molecule has 0 atom stereocenters. The lowest BCUT2D eigenvalue weighted by Crippen LogP contribution is -2.21. The molecule has 1 rings (SSSR count). The molecule has 0 heterocycles. The van der Waals surface area contributed by atoms with Gasteiger partial charge in [-0.05, 0) is 12.1 Å². The summed E-state index contributed by atoms with van der Waals surface area (Å²) in [6, 6.07) is 3.17. The summed E-state index contributed by atoms with van der Waals surface area (Å²) in [4.78, 5) is 0. The van der Waals surface area contributed by atoms with Gasteiger partial charge in [-0.25, -0.2) is 0 Å². The molecule has 0 aromatic heterocycles. The Morgan fingerprint density at radius 2 is 2.19 bits per heavy atom. The van der Waals surface area contributed by atoms with Gasteiger partial charge >= 0.3 is 0 Å². The molecule has 0 aliphatic rings. The summed E-state index contributed by atoms with van der Waals surface area (Å²) in [5.41, 5.74) is 10.6. The van der Waals surface area contributed by atoms with Gasteiger partial charge in [0.1, 0.15) is 0 Å². The second-order valence-electron chi connectivity index (χ2n) is 2.79. The summed E-state index contributed by atoms with van der Waals surface area (Å²) in [6.45, 7) is 0. The van der Waals surface area contributed by atoms with Crippen molar-refractivity contribution in [1.82, 2.24) is 0 Å². The molecule has 6 nitrogen and oxygen atoms in total. The second kappa shape index (κ2) is 5.22. The van der Waals surface area contributed by atoms with Gasteiger partial charge in [0.25, 0.3) is 0 Å². The Morgan fingerprint density at radius 3 is 2.75 bits per heavy atom. The largest absolute Gasteiger partial charge is 0.503 e. The molecule has 1 aromatic carbocycles. The Bertz CT molecular complexity index is 441. The SMILES string of the molecule is COc1ccc(C=NN=C(N)N)c(Cl)c1O. The summed E-state index contributed by atoms with van der Waals surface area (Å²) in [5, 5.41) is 16.7. The van der Waals surface area contributed by atoms with Crippen LogP contribution in [0.4, 0.5) is 0 Å². The number of ether oxygens (including phenoxy) is 1. The second-order valence-corrected chi connectivity index (χ2v) is 3.17. The van der Waals surface area contributed by atoms with E-state index in [0.717, 1.165) is 0 Å². The lowest BCUT2D eigenvalue weighted by atomic mass is 10.2. The fraction of sp³-hybridized carbons (Fsp3) is 0.111. The third-order valence-corrected chi connectivity index (χ3v) is 2.10. The Balaban J connectivity index is 3.04. The molecule has 0 unspecified atom stereocenters. The summed E-state index contributed by atoms with van der Waals surface area (Å²) in [5.74, 6) is -0.0353. The maximum atomic E-state index is 9.58. The number of hydrogen-bond acceptors (Lipinski definition) is 4. The Morgan fingerprint density at radius 1 is 1.50 bits per heavy atom. The average molecular weight is 243 g/mol. The van der Waals surface area contributed by atoms with Gasteiger partial charge in [0.05, 0.1) is 18.3 Å². The van der Waals surface area contributed by atoms with Crippen molar-refractivity contribution in [2.45, 2.75) is 0 Å². The highest BCUT2D eigenvalue weighted by atomic mass is 35.5. The number of rotatable bonds is 3. The molecule has 1 aromatic rings. The number of nitrogens with two attached hydrogens (primary N) is 2. The Hall–Kier alpha value is -1.95. The van der Waals surface area contributed by atoms with Crippen LogP contribution >= 0.6 is 11.6 Å². The fourth-order valence-electron chi connectivity index (χ4n) is 0.985. The molecule has 7 heteroatoms. The van der Waals surface area contributed by atoms with Crippen LogP contribution in [0.25, 0.3) is 0 Å². The standard InChI is InChI=1S/C9H11ClN4O2/c1-16-6-3-2-5(7(10)8(6)15)4-13-14-9(11)12/h2-4,15H,1H3,(H4,11,12,14). The molecular formula is C9H11ClN4O2. The van der Waals surface area contributed by atoms with Crippen molar-refractivity contribution in [3.05, 3.63) is 22.7 Å². The minimum atomic E-state index is -0.162. The van der Waals surface area contributed by atoms with E-state index in [2.05, 4.69) is 10.2 Å². The monoisotopic (exact) mass is 242 g/mol. The molecule has 0 spiro atoms. The number of hydrogen-bond donors (Lipinski definition) is 3. The van der Waals surface area contributed by atoms with E-state index in [4.69, 9.17) is 27.8 Å². The van der Waals surface area contributed by atoms with Crippen LogP contribution in [-0.4, -0.2) is 24.4 Å². The third-order valence-electron chi connectivity index (χ3n) is 1.70. The van der Waals surface area contributed by atoms with Gasteiger partial charge in [-0.3, -0.25) is 0 Å². The lowest BCUT2D eigenvalue weighted by Gasteiger charge is -2.05. The van der Waals surface area contributed by atoms with Crippen molar-refractivity contribution in [2.75, 3.05) is 7.11 Å². The fourth-order valence-corrected chi connectivity index (χ4v) is 1.19. The number of guanidine groups is 1. The van der Waals surface area contributed by atoms with Crippen LogP contribution in [-0.2, 0) is 0 Å². The first-order chi connectivity index (χ1) is 7.56. The highest BCUT2D eigenvalue weighted by molar-refractivity contribution is 6.34. The van der Waals surface area contributed by atoms with E-state index < -0.39 is 0 Å². The van der Waals surface area contributed by atoms with E-state index >= 15 is 0 Å². The van der Waals surface area contributed by atoms with Crippen molar-refractivity contribution in [3.8, 4) is 11.5 Å². The number of phenols is 1. The third kappa shape index (κ3) is 2.77. The Labute approximate surface area is 97.2 Å². The van der Waals surface area contributed by atoms with Crippen molar-refractivity contribution in [1.29, 1.82) is 0 Å². The molecule has 5 N–H and O–H groups in total. The zero-order valence-electron chi connectivity index (χ0n) is 8.51. The Kier molecular flexibility index (Phi) is 3.96. The minimum Gasteiger partial charge on any atom is -0.503 e. The normalized spacial score (nSPS) is 10.4. The van der Waals surface area contributed by atoms with E-state index in [-0.39, 0.29) is 22.5 Å². The molecule has 86 valence electrons. The van der Waals surface area contributed by atoms with E-state index in [1.54, 1.807) is 12.1 Å². The first-order valence-electron chi connectivity index (χ1n) is 4.23. The highest BCUT2D eigenvalue weighted by Crippen LogP contribution is 2.35. The molecule has 0 radical (unpaired) electrons. The summed E-state index contributed by atoms with van der Waals surface area (Å²) in [6.07, 6.45) is 1.32. The summed E-state index contributed by atoms with van der Waals surface area (Å²) < 4.78 is 4.88.